The smallest absolute Gasteiger partial charge is 0.191 e. The lowest BCUT2D eigenvalue weighted by Crippen LogP contribution is -2.53. The first-order valence-electron chi connectivity index (χ1n) is 11.6. The van der Waals surface area contributed by atoms with Gasteiger partial charge in [0.25, 0.3) is 0 Å². The van der Waals surface area contributed by atoms with E-state index < -0.39 is 0 Å². The summed E-state index contributed by atoms with van der Waals surface area (Å²) in [4.78, 5) is 10.1. The van der Waals surface area contributed by atoms with Crippen molar-refractivity contribution in [3.8, 4) is 0 Å². The Morgan fingerprint density at radius 1 is 1.16 bits per heavy atom. The molecule has 0 bridgehead atoms. The molecule has 6 nitrogen and oxygen atoms in total. The van der Waals surface area contributed by atoms with Crippen LogP contribution in [0.5, 0.6) is 0 Å². The Balaban J connectivity index is 0.00000341. The van der Waals surface area contributed by atoms with Crippen molar-refractivity contribution in [1.29, 1.82) is 0 Å². The van der Waals surface area contributed by atoms with Crippen molar-refractivity contribution in [2.24, 2.45) is 4.99 Å². The highest BCUT2D eigenvalue weighted by atomic mass is 127. The van der Waals surface area contributed by atoms with Gasteiger partial charge in [0, 0.05) is 50.3 Å². The first-order chi connectivity index (χ1) is 14.5. The molecule has 2 aliphatic rings. The number of likely N-dealkylation sites (tertiary alicyclic amines) is 1. The van der Waals surface area contributed by atoms with E-state index in [9.17, 15) is 0 Å². The molecule has 0 aliphatic carbocycles. The van der Waals surface area contributed by atoms with Crippen LogP contribution in [0.1, 0.15) is 46.1 Å². The molecule has 1 aromatic carbocycles. The minimum Gasteiger partial charge on any atom is -0.379 e. The van der Waals surface area contributed by atoms with Crippen LogP contribution in [0.3, 0.4) is 0 Å². The maximum absolute atomic E-state index is 5.51. The van der Waals surface area contributed by atoms with Crippen LogP contribution in [0.25, 0.3) is 0 Å². The molecule has 3 rings (SSSR count). The molecule has 2 heterocycles. The molecule has 176 valence electrons. The van der Waals surface area contributed by atoms with Crippen LogP contribution in [0.2, 0.25) is 0 Å². The summed E-state index contributed by atoms with van der Waals surface area (Å²) in [5.41, 5.74) is 1.44. The lowest BCUT2D eigenvalue weighted by molar-refractivity contribution is -0.00684. The van der Waals surface area contributed by atoms with E-state index >= 15 is 0 Å². The van der Waals surface area contributed by atoms with E-state index in [-0.39, 0.29) is 29.5 Å². The zero-order valence-electron chi connectivity index (χ0n) is 19.8. The third-order valence-electron chi connectivity index (χ3n) is 6.42. The monoisotopic (exact) mass is 543 g/mol. The average molecular weight is 544 g/mol. The summed E-state index contributed by atoms with van der Waals surface area (Å²) in [5, 5.41) is 7.17. The maximum atomic E-state index is 5.51. The van der Waals surface area contributed by atoms with Crippen molar-refractivity contribution < 1.29 is 4.74 Å². The molecule has 7 heteroatoms. The minimum absolute atomic E-state index is 0. The molecule has 1 aromatic rings. The summed E-state index contributed by atoms with van der Waals surface area (Å²) in [6.45, 7) is 16.5. The highest BCUT2D eigenvalue weighted by molar-refractivity contribution is 14.0. The average Bonchev–Trinajstić information content (AvgIpc) is 2.75. The molecular weight excluding hydrogens is 501 g/mol. The van der Waals surface area contributed by atoms with E-state index in [0.29, 0.717) is 12.1 Å². The van der Waals surface area contributed by atoms with Gasteiger partial charge in [0.1, 0.15) is 0 Å². The molecule has 0 radical (unpaired) electrons. The Morgan fingerprint density at radius 3 is 2.52 bits per heavy atom. The SMILES string of the molecule is CCNC(=NCC(C)(C)N1CCOCC1)NC1CCN(Cc2ccccc2)C(C)C1.I. The molecule has 2 saturated heterocycles. The van der Waals surface area contributed by atoms with Gasteiger partial charge in [0.15, 0.2) is 5.96 Å². The van der Waals surface area contributed by atoms with E-state index in [0.717, 1.165) is 71.3 Å². The van der Waals surface area contributed by atoms with Crippen molar-refractivity contribution in [3.63, 3.8) is 0 Å². The topological polar surface area (TPSA) is 52.1 Å². The number of morpholine rings is 1. The van der Waals surface area contributed by atoms with Gasteiger partial charge >= 0.3 is 0 Å². The fraction of sp³-hybridized carbons (Fsp3) is 0.708. The van der Waals surface area contributed by atoms with Crippen molar-refractivity contribution in [2.45, 2.75) is 64.7 Å². The van der Waals surface area contributed by atoms with Crippen LogP contribution in [-0.2, 0) is 11.3 Å². The summed E-state index contributed by atoms with van der Waals surface area (Å²) >= 11 is 0. The van der Waals surface area contributed by atoms with Gasteiger partial charge in [0.2, 0.25) is 0 Å². The maximum Gasteiger partial charge on any atom is 0.191 e. The van der Waals surface area contributed by atoms with Crippen LogP contribution in [0.15, 0.2) is 35.3 Å². The quantitative estimate of drug-likeness (QED) is 0.314. The Labute approximate surface area is 206 Å². The number of rotatable bonds is 7. The number of piperidine rings is 1. The van der Waals surface area contributed by atoms with Crippen molar-refractivity contribution in [3.05, 3.63) is 35.9 Å². The summed E-state index contributed by atoms with van der Waals surface area (Å²) in [6, 6.07) is 11.8. The first-order valence-corrected chi connectivity index (χ1v) is 11.6. The van der Waals surface area contributed by atoms with Gasteiger partial charge in [-0.1, -0.05) is 30.3 Å². The van der Waals surface area contributed by atoms with E-state index in [4.69, 9.17) is 9.73 Å². The lowest BCUT2D eigenvalue weighted by Gasteiger charge is -2.40. The Kier molecular flexibility index (Phi) is 11.0. The van der Waals surface area contributed by atoms with Gasteiger partial charge in [-0.15, -0.1) is 24.0 Å². The molecular formula is C24H42IN5O. The van der Waals surface area contributed by atoms with E-state index in [1.165, 1.54) is 5.56 Å². The van der Waals surface area contributed by atoms with Gasteiger partial charge in [-0.05, 0) is 46.1 Å². The van der Waals surface area contributed by atoms with E-state index in [1.807, 2.05) is 0 Å². The largest absolute Gasteiger partial charge is 0.379 e. The van der Waals surface area contributed by atoms with Gasteiger partial charge < -0.3 is 15.4 Å². The van der Waals surface area contributed by atoms with Crippen molar-refractivity contribution in [1.82, 2.24) is 20.4 Å². The zero-order chi connectivity index (χ0) is 21.4. The van der Waals surface area contributed by atoms with Crippen LogP contribution in [-0.4, -0.2) is 79.3 Å². The van der Waals surface area contributed by atoms with Crippen molar-refractivity contribution >= 4 is 29.9 Å². The summed E-state index contributed by atoms with van der Waals surface area (Å²) in [7, 11) is 0. The summed E-state index contributed by atoms with van der Waals surface area (Å²) in [5.74, 6) is 0.951. The van der Waals surface area contributed by atoms with Crippen molar-refractivity contribution in [2.75, 3.05) is 45.9 Å². The van der Waals surface area contributed by atoms with Gasteiger partial charge in [0.05, 0.1) is 19.8 Å². The van der Waals surface area contributed by atoms with Crippen LogP contribution >= 0.6 is 24.0 Å². The third kappa shape index (κ3) is 8.18. The predicted molar refractivity (Wildman–Crippen MR) is 140 cm³/mol. The standard InChI is InChI=1S/C24H41N5O.HI/c1-5-25-23(26-19-24(3,4)29-13-15-30-16-14-29)27-22-11-12-28(20(2)17-22)18-21-9-7-6-8-10-21;/h6-10,20,22H,5,11-19H2,1-4H3,(H2,25,26,27);1H. The third-order valence-corrected chi connectivity index (χ3v) is 6.42. The van der Waals surface area contributed by atoms with Crippen LogP contribution < -0.4 is 10.6 Å². The number of benzene rings is 1. The highest BCUT2D eigenvalue weighted by Gasteiger charge is 2.29. The Bertz CT molecular complexity index is 663. The van der Waals surface area contributed by atoms with E-state index in [2.05, 4.69) is 78.5 Å². The molecule has 2 atom stereocenters. The summed E-state index contributed by atoms with van der Waals surface area (Å²) in [6.07, 6.45) is 2.29. The number of halogens is 1. The molecule has 2 N–H and O–H groups in total. The predicted octanol–water partition coefficient (Wildman–Crippen LogP) is 3.32. The van der Waals surface area contributed by atoms with Crippen LogP contribution in [0, 0.1) is 0 Å². The molecule has 0 saturated carbocycles. The van der Waals surface area contributed by atoms with Crippen LogP contribution in [0.4, 0.5) is 0 Å². The molecule has 0 spiro atoms. The zero-order valence-corrected chi connectivity index (χ0v) is 22.1. The number of guanidine groups is 1. The molecule has 2 fully saturated rings. The normalized spacial score (nSPS) is 23.8. The summed E-state index contributed by atoms with van der Waals surface area (Å²) < 4.78 is 5.51. The Morgan fingerprint density at radius 2 is 1.87 bits per heavy atom. The number of nitrogens with zero attached hydrogens (tertiary/aromatic N) is 3. The molecule has 0 amide bonds. The van der Waals surface area contributed by atoms with Gasteiger partial charge in [-0.2, -0.15) is 0 Å². The molecule has 0 aromatic heterocycles. The van der Waals surface area contributed by atoms with Gasteiger partial charge in [-0.25, -0.2) is 0 Å². The lowest BCUT2D eigenvalue weighted by atomic mass is 9.97. The number of aliphatic imine (C=N–C) groups is 1. The second-order valence-electron chi connectivity index (χ2n) is 9.28. The fourth-order valence-electron chi connectivity index (χ4n) is 4.46. The van der Waals surface area contributed by atoms with E-state index in [1.54, 1.807) is 0 Å². The fourth-order valence-corrected chi connectivity index (χ4v) is 4.46. The first kappa shape index (κ1) is 26.4. The second-order valence-corrected chi connectivity index (χ2v) is 9.28. The number of ether oxygens (including phenoxy) is 1. The highest BCUT2D eigenvalue weighted by Crippen LogP contribution is 2.20. The number of hydrogen-bond acceptors (Lipinski definition) is 4. The molecule has 2 unspecified atom stereocenters. The molecule has 2 aliphatic heterocycles. The van der Waals surface area contributed by atoms with Gasteiger partial charge in [-0.3, -0.25) is 14.8 Å². The number of nitrogens with one attached hydrogen (secondary N) is 2. The second kappa shape index (κ2) is 13.0. The Hall–Kier alpha value is -0.900. The minimum atomic E-state index is 0. The number of hydrogen-bond donors (Lipinski definition) is 2. The molecule has 31 heavy (non-hydrogen) atoms.